The van der Waals surface area contributed by atoms with E-state index >= 15 is 4.39 Å². The van der Waals surface area contributed by atoms with Crippen LogP contribution in [0.15, 0.2) is 60.0 Å². The lowest BCUT2D eigenvalue weighted by atomic mass is 9.83. The van der Waals surface area contributed by atoms with Crippen molar-refractivity contribution < 1.29 is 14.0 Å². The van der Waals surface area contributed by atoms with Gasteiger partial charge in [-0.25, -0.2) is 4.39 Å². The summed E-state index contributed by atoms with van der Waals surface area (Å²) >= 11 is 7.11. The summed E-state index contributed by atoms with van der Waals surface area (Å²) in [6.07, 6.45) is 0. The molecule has 1 aromatic heterocycles. The Bertz CT molecular complexity index is 984. The summed E-state index contributed by atoms with van der Waals surface area (Å²) < 4.78 is 15.6. The van der Waals surface area contributed by atoms with Gasteiger partial charge < -0.3 is 5.32 Å². The van der Waals surface area contributed by atoms with Crippen LogP contribution in [0.1, 0.15) is 15.9 Å². The molecular weight excluding hydrogens is 361 g/mol. The number of alkyl halides is 1. The highest BCUT2D eigenvalue weighted by atomic mass is 35.5. The molecule has 25 heavy (non-hydrogen) atoms. The molecule has 6 heteroatoms. The third-order valence-corrected chi connectivity index (χ3v) is 5.35. The molecule has 1 N–H and O–H groups in total. The van der Waals surface area contributed by atoms with Crippen LogP contribution in [-0.2, 0) is 10.5 Å². The average Bonchev–Trinajstić information content (AvgIpc) is 3.05. The van der Waals surface area contributed by atoms with E-state index in [1.807, 2.05) is 0 Å². The molecule has 0 bridgehead atoms. The summed E-state index contributed by atoms with van der Waals surface area (Å²) in [5.41, 5.74) is -1.20. The molecule has 0 aliphatic carbocycles. The first-order valence-corrected chi connectivity index (χ1v) is 8.75. The van der Waals surface area contributed by atoms with E-state index in [-0.39, 0.29) is 11.1 Å². The van der Waals surface area contributed by atoms with Gasteiger partial charge in [0.05, 0.1) is 5.56 Å². The number of thiophene rings is 1. The lowest BCUT2D eigenvalue weighted by Gasteiger charge is -2.28. The minimum Gasteiger partial charge on any atom is -0.314 e. The number of carbonyl (C=O) groups excluding carboxylic acids is 2. The maximum atomic E-state index is 15.6. The molecule has 0 saturated carbocycles. The maximum Gasteiger partial charge on any atom is 0.275 e. The van der Waals surface area contributed by atoms with Gasteiger partial charge >= 0.3 is 0 Å². The Morgan fingerprint density at radius 2 is 1.68 bits per heavy atom. The first kappa shape index (κ1) is 16.0. The van der Waals surface area contributed by atoms with E-state index in [0.29, 0.717) is 15.6 Å². The molecule has 0 radical (unpaired) electrons. The monoisotopic (exact) mass is 371 g/mol. The van der Waals surface area contributed by atoms with Crippen LogP contribution in [0.5, 0.6) is 0 Å². The fourth-order valence-corrected chi connectivity index (χ4v) is 4.00. The molecule has 3 aromatic rings. The fraction of sp³-hybridized carbons (Fsp3) is 0.0526. The largest absolute Gasteiger partial charge is 0.314 e. The van der Waals surface area contributed by atoms with Gasteiger partial charge in [0.15, 0.2) is 0 Å². The molecule has 1 unspecified atom stereocenters. The van der Waals surface area contributed by atoms with Crippen LogP contribution in [0, 0.1) is 0 Å². The Morgan fingerprint density at radius 3 is 2.36 bits per heavy atom. The number of benzene rings is 2. The highest BCUT2D eigenvalue weighted by molar-refractivity contribution is 7.15. The van der Waals surface area contributed by atoms with E-state index in [1.165, 1.54) is 23.5 Å². The number of amides is 1. The minimum absolute atomic E-state index is 0.0245. The lowest BCUT2D eigenvalue weighted by molar-refractivity contribution is -0.125. The molecule has 3 nitrogen and oxygen atoms in total. The fourth-order valence-electron chi connectivity index (χ4n) is 2.91. The van der Waals surface area contributed by atoms with Crippen molar-refractivity contribution in [1.82, 2.24) is 0 Å². The van der Waals surface area contributed by atoms with Gasteiger partial charge in [-0.05, 0) is 17.7 Å². The maximum absolute atomic E-state index is 15.6. The van der Waals surface area contributed by atoms with Crippen LogP contribution in [-0.4, -0.2) is 11.7 Å². The van der Waals surface area contributed by atoms with Crippen LogP contribution in [0.25, 0.3) is 11.1 Å². The van der Waals surface area contributed by atoms with Gasteiger partial charge in [0, 0.05) is 21.5 Å². The Morgan fingerprint density at radius 1 is 1.00 bits per heavy atom. The SMILES string of the molecule is O=C1Nc2scc(-c3ccc(Cl)cc3)c2C(=O)C1(F)c1ccccc1. The van der Waals surface area contributed by atoms with Crippen molar-refractivity contribution in [3.05, 3.63) is 76.1 Å². The van der Waals surface area contributed by atoms with Crippen molar-refractivity contribution in [2.24, 2.45) is 0 Å². The van der Waals surface area contributed by atoms with Crippen LogP contribution < -0.4 is 5.32 Å². The summed E-state index contributed by atoms with van der Waals surface area (Å²) in [5.74, 6) is -1.80. The average molecular weight is 372 g/mol. The van der Waals surface area contributed by atoms with E-state index in [1.54, 1.807) is 47.8 Å². The van der Waals surface area contributed by atoms with Gasteiger partial charge in [0.2, 0.25) is 5.78 Å². The number of nitrogens with one attached hydrogen (secondary N) is 1. The van der Waals surface area contributed by atoms with E-state index in [2.05, 4.69) is 5.32 Å². The van der Waals surface area contributed by atoms with Crippen LogP contribution in [0.4, 0.5) is 9.39 Å². The normalized spacial score (nSPS) is 19.4. The van der Waals surface area contributed by atoms with Crippen LogP contribution >= 0.6 is 22.9 Å². The highest BCUT2D eigenvalue weighted by Gasteiger charge is 2.53. The number of Topliss-reactive ketones (excluding diaryl/α,β-unsaturated/α-hetero) is 1. The number of fused-ring (bicyclic) bond motifs is 1. The van der Waals surface area contributed by atoms with E-state index in [4.69, 9.17) is 11.6 Å². The van der Waals surface area contributed by atoms with Gasteiger partial charge in [0.25, 0.3) is 11.6 Å². The topological polar surface area (TPSA) is 46.2 Å². The first-order valence-electron chi connectivity index (χ1n) is 7.50. The van der Waals surface area contributed by atoms with Gasteiger partial charge in [0.1, 0.15) is 5.00 Å². The zero-order valence-corrected chi connectivity index (χ0v) is 14.3. The Kier molecular flexibility index (Phi) is 3.71. The standard InChI is InChI=1S/C19H11ClFNO2S/c20-13-8-6-11(7-9-13)14-10-25-17-15(14)16(23)19(21,18(24)22-17)12-4-2-1-3-5-12/h1-10H,(H,22,24). The van der Waals surface area contributed by atoms with E-state index in [9.17, 15) is 9.59 Å². The second kappa shape index (κ2) is 5.79. The quantitative estimate of drug-likeness (QED) is 0.639. The molecule has 4 rings (SSSR count). The molecule has 1 aliphatic rings. The van der Waals surface area contributed by atoms with Gasteiger partial charge in [-0.1, -0.05) is 54.1 Å². The van der Waals surface area contributed by atoms with Gasteiger partial charge in [-0.3, -0.25) is 9.59 Å². The Labute approximate surface area is 152 Å². The smallest absolute Gasteiger partial charge is 0.275 e. The molecule has 124 valence electrons. The lowest BCUT2D eigenvalue weighted by Crippen LogP contribution is -2.47. The minimum atomic E-state index is -2.74. The molecule has 0 spiro atoms. The molecule has 1 atom stereocenters. The zero-order chi connectivity index (χ0) is 17.6. The first-order chi connectivity index (χ1) is 12.0. The number of carbonyl (C=O) groups is 2. The van der Waals surface area contributed by atoms with Crippen molar-refractivity contribution >= 4 is 39.6 Å². The summed E-state index contributed by atoms with van der Waals surface area (Å²) in [4.78, 5) is 25.4. The van der Waals surface area contributed by atoms with E-state index < -0.39 is 17.4 Å². The van der Waals surface area contributed by atoms with Gasteiger partial charge in [-0.2, -0.15) is 0 Å². The molecule has 0 saturated heterocycles. The van der Waals surface area contributed by atoms with Crippen LogP contribution in [0.2, 0.25) is 5.02 Å². The van der Waals surface area contributed by atoms with Gasteiger partial charge in [-0.15, -0.1) is 11.3 Å². The molecule has 2 aromatic carbocycles. The predicted octanol–water partition coefficient (Wildman–Crippen LogP) is 5.07. The third kappa shape index (κ3) is 2.39. The summed E-state index contributed by atoms with van der Waals surface area (Å²) in [6, 6.07) is 14.7. The summed E-state index contributed by atoms with van der Waals surface area (Å²) in [6.45, 7) is 0. The second-order valence-electron chi connectivity index (χ2n) is 5.67. The highest BCUT2D eigenvalue weighted by Crippen LogP contribution is 2.45. The number of rotatable bonds is 2. The van der Waals surface area contributed by atoms with Crippen LogP contribution in [0.3, 0.4) is 0 Å². The van der Waals surface area contributed by atoms with Crippen molar-refractivity contribution in [3.8, 4) is 11.1 Å². The molecule has 0 fully saturated rings. The van der Waals surface area contributed by atoms with Crippen molar-refractivity contribution in [2.45, 2.75) is 5.67 Å². The summed E-state index contributed by atoms with van der Waals surface area (Å²) in [5, 5.41) is 5.21. The number of hydrogen-bond acceptors (Lipinski definition) is 3. The number of anilines is 1. The number of hydrogen-bond donors (Lipinski definition) is 1. The Balaban J connectivity index is 1.88. The number of halogens is 2. The molecule has 1 aliphatic heterocycles. The van der Waals surface area contributed by atoms with E-state index in [0.717, 1.165) is 5.56 Å². The third-order valence-electron chi connectivity index (χ3n) is 4.20. The molecule has 2 heterocycles. The molecular formula is C19H11ClFNO2S. The van der Waals surface area contributed by atoms with Crippen molar-refractivity contribution in [1.29, 1.82) is 0 Å². The number of ketones is 1. The zero-order valence-electron chi connectivity index (χ0n) is 12.8. The molecule has 1 amide bonds. The van der Waals surface area contributed by atoms with Crippen molar-refractivity contribution in [3.63, 3.8) is 0 Å². The van der Waals surface area contributed by atoms with Crippen molar-refractivity contribution in [2.75, 3.05) is 5.32 Å². The summed E-state index contributed by atoms with van der Waals surface area (Å²) in [7, 11) is 0. The predicted molar refractivity (Wildman–Crippen MR) is 97.0 cm³/mol. The Hall–Kier alpha value is -2.50. The second-order valence-corrected chi connectivity index (χ2v) is 6.98.